The number of thiazole rings is 1. The summed E-state index contributed by atoms with van der Waals surface area (Å²) in [6.07, 6.45) is 0. The third-order valence-corrected chi connectivity index (χ3v) is 5.27. The van der Waals surface area contributed by atoms with Gasteiger partial charge in [0, 0.05) is 28.1 Å². The molecule has 0 fully saturated rings. The Kier molecular flexibility index (Phi) is 5.34. The fourth-order valence-electron chi connectivity index (χ4n) is 2.76. The van der Waals surface area contributed by atoms with Crippen molar-refractivity contribution in [2.24, 2.45) is 15.3 Å². The molecule has 0 aliphatic carbocycles. The van der Waals surface area contributed by atoms with Crippen molar-refractivity contribution in [3.8, 4) is 11.3 Å². The van der Waals surface area contributed by atoms with Gasteiger partial charge in [-0.15, -0.1) is 11.3 Å². The van der Waals surface area contributed by atoms with Crippen molar-refractivity contribution in [3.05, 3.63) is 69.0 Å². The largest absolute Gasteiger partial charge is 0.282 e. The fourth-order valence-corrected chi connectivity index (χ4v) is 3.73. The van der Waals surface area contributed by atoms with Gasteiger partial charge >= 0.3 is 0 Å². The van der Waals surface area contributed by atoms with E-state index in [0.717, 1.165) is 0 Å². The Bertz CT molecular complexity index is 1210. The fraction of sp³-hybridized carbons (Fsp3) is 0.105. The van der Waals surface area contributed by atoms with Crippen molar-refractivity contribution in [3.63, 3.8) is 0 Å². The van der Waals surface area contributed by atoms with Crippen molar-refractivity contribution in [1.82, 2.24) is 4.98 Å². The minimum absolute atomic E-state index is 0.0327. The number of nitro groups is 1. The number of hydrogen-bond acceptors (Lipinski definition) is 8. The molecule has 0 saturated carbocycles. The van der Waals surface area contributed by atoms with Crippen LogP contribution in [0.2, 0.25) is 5.02 Å². The average Bonchev–Trinajstić information content (AvgIpc) is 3.32. The maximum Gasteiger partial charge on any atom is 0.282 e. The molecule has 11 heteroatoms. The number of carbonyl (C=O) groups excluding carboxylic acids is 1. The van der Waals surface area contributed by atoms with Crippen LogP contribution in [-0.2, 0) is 4.79 Å². The lowest BCUT2D eigenvalue weighted by atomic mass is 10.1. The second-order valence-corrected chi connectivity index (χ2v) is 7.59. The standard InChI is InChI=1S/C19H13ClN6O3S/c1-11-17(23-22-14-6-3-5-13(20)9-14)18(27)25(24-11)19-21-16(10-30-19)12-4-2-7-15(8-12)26(28)29/h2-10,17H,1H3/t17-/m0/s1. The van der Waals surface area contributed by atoms with Crippen LogP contribution in [0.1, 0.15) is 6.92 Å². The second-order valence-electron chi connectivity index (χ2n) is 6.31. The molecule has 1 aliphatic heterocycles. The monoisotopic (exact) mass is 440 g/mol. The van der Waals surface area contributed by atoms with E-state index in [9.17, 15) is 14.9 Å². The van der Waals surface area contributed by atoms with Crippen LogP contribution in [0.3, 0.4) is 0 Å². The number of benzene rings is 2. The topological polar surface area (TPSA) is 113 Å². The first-order chi connectivity index (χ1) is 14.4. The Hall–Kier alpha value is -3.50. The van der Waals surface area contributed by atoms with Gasteiger partial charge in [0.1, 0.15) is 0 Å². The maximum absolute atomic E-state index is 12.8. The number of hydrogen-bond donors (Lipinski definition) is 0. The van der Waals surface area contributed by atoms with Crippen LogP contribution in [0, 0.1) is 10.1 Å². The van der Waals surface area contributed by atoms with Gasteiger partial charge in [-0.05, 0) is 25.1 Å². The number of hydrazone groups is 1. The number of aromatic nitrogens is 1. The summed E-state index contributed by atoms with van der Waals surface area (Å²) >= 11 is 7.14. The molecule has 4 rings (SSSR count). The van der Waals surface area contributed by atoms with E-state index in [1.54, 1.807) is 48.7 Å². The summed E-state index contributed by atoms with van der Waals surface area (Å²) in [6, 6.07) is 12.1. The number of carbonyl (C=O) groups is 1. The zero-order chi connectivity index (χ0) is 21.3. The number of halogens is 1. The molecule has 2 heterocycles. The molecule has 1 amide bonds. The molecule has 0 unspecified atom stereocenters. The van der Waals surface area contributed by atoms with Gasteiger partial charge in [-0.3, -0.25) is 14.9 Å². The molecule has 9 nitrogen and oxygen atoms in total. The smallest absolute Gasteiger partial charge is 0.269 e. The number of azo groups is 1. The predicted molar refractivity (Wildman–Crippen MR) is 115 cm³/mol. The number of nitrogens with zero attached hydrogens (tertiary/aromatic N) is 6. The van der Waals surface area contributed by atoms with Crippen LogP contribution < -0.4 is 5.01 Å². The molecule has 0 radical (unpaired) electrons. The van der Waals surface area contributed by atoms with Crippen LogP contribution in [-0.4, -0.2) is 27.6 Å². The lowest BCUT2D eigenvalue weighted by molar-refractivity contribution is -0.384. The SMILES string of the molecule is CC1=NN(c2nc(-c3cccc([N+](=O)[O-])c3)cs2)C(=O)[C@H]1N=Nc1cccc(Cl)c1. The third kappa shape index (κ3) is 3.95. The van der Waals surface area contributed by atoms with Crippen LogP contribution in [0.25, 0.3) is 11.3 Å². The van der Waals surface area contributed by atoms with Gasteiger partial charge in [0.05, 0.1) is 22.0 Å². The zero-order valence-corrected chi connectivity index (χ0v) is 17.0. The van der Waals surface area contributed by atoms with Gasteiger partial charge < -0.3 is 0 Å². The summed E-state index contributed by atoms with van der Waals surface area (Å²) in [5.41, 5.74) is 2.08. The highest BCUT2D eigenvalue weighted by Gasteiger charge is 2.36. The molecule has 30 heavy (non-hydrogen) atoms. The van der Waals surface area contributed by atoms with E-state index in [-0.39, 0.29) is 11.6 Å². The molecule has 0 N–H and O–H groups in total. The number of anilines is 1. The lowest BCUT2D eigenvalue weighted by Crippen LogP contribution is -2.29. The van der Waals surface area contributed by atoms with Crippen molar-refractivity contribution < 1.29 is 9.72 Å². The normalized spacial score (nSPS) is 16.3. The van der Waals surface area contributed by atoms with E-state index >= 15 is 0 Å². The summed E-state index contributed by atoms with van der Waals surface area (Å²) in [4.78, 5) is 27.7. The number of amides is 1. The number of nitro benzene ring substituents is 1. The highest BCUT2D eigenvalue weighted by atomic mass is 35.5. The molecule has 1 aliphatic rings. The molecular formula is C19H13ClN6O3S. The Morgan fingerprint density at radius 1 is 1.23 bits per heavy atom. The third-order valence-electron chi connectivity index (χ3n) is 4.22. The van der Waals surface area contributed by atoms with Crippen LogP contribution in [0.4, 0.5) is 16.5 Å². The molecular weight excluding hydrogens is 428 g/mol. The van der Waals surface area contributed by atoms with Crippen LogP contribution >= 0.6 is 22.9 Å². The molecule has 0 spiro atoms. The summed E-state index contributed by atoms with van der Waals surface area (Å²) < 4.78 is 0. The average molecular weight is 441 g/mol. The van der Waals surface area contributed by atoms with Gasteiger partial charge in [0.15, 0.2) is 6.04 Å². The van der Waals surface area contributed by atoms with Gasteiger partial charge in [0.2, 0.25) is 5.13 Å². The predicted octanol–water partition coefficient (Wildman–Crippen LogP) is 5.25. The Morgan fingerprint density at radius 3 is 2.80 bits per heavy atom. The minimum Gasteiger partial charge on any atom is -0.269 e. The Labute approximate surface area is 179 Å². The zero-order valence-electron chi connectivity index (χ0n) is 15.5. The summed E-state index contributed by atoms with van der Waals surface area (Å²) in [6.45, 7) is 1.69. The molecule has 150 valence electrons. The molecule has 0 saturated heterocycles. The van der Waals surface area contributed by atoms with Crippen molar-refractivity contribution in [1.29, 1.82) is 0 Å². The summed E-state index contributed by atoms with van der Waals surface area (Å²) in [5, 5.41) is 27.2. The van der Waals surface area contributed by atoms with Crippen LogP contribution in [0.5, 0.6) is 0 Å². The van der Waals surface area contributed by atoms with E-state index in [0.29, 0.717) is 32.8 Å². The first kappa shape index (κ1) is 19.8. The van der Waals surface area contributed by atoms with Crippen molar-refractivity contribution >= 4 is 51.1 Å². The molecule has 1 aromatic heterocycles. The van der Waals surface area contributed by atoms with Gasteiger partial charge in [-0.25, -0.2) is 4.98 Å². The van der Waals surface area contributed by atoms with E-state index in [4.69, 9.17) is 11.6 Å². The van der Waals surface area contributed by atoms with Gasteiger partial charge in [-0.2, -0.15) is 20.3 Å². The van der Waals surface area contributed by atoms with E-state index in [1.165, 1.54) is 28.5 Å². The van der Waals surface area contributed by atoms with E-state index in [2.05, 4.69) is 20.3 Å². The van der Waals surface area contributed by atoms with E-state index < -0.39 is 11.0 Å². The van der Waals surface area contributed by atoms with Gasteiger partial charge in [0.25, 0.3) is 11.6 Å². The molecule has 3 aromatic rings. The summed E-state index contributed by atoms with van der Waals surface area (Å²) in [7, 11) is 0. The second kappa shape index (κ2) is 8.09. The van der Waals surface area contributed by atoms with E-state index in [1.807, 2.05) is 0 Å². The summed E-state index contributed by atoms with van der Waals surface area (Å²) in [5.74, 6) is -0.377. The first-order valence-electron chi connectivity index (χ1n) is 8.68. The highest BCUT2D eigenvalue weighted by Crippen LogP contribution is 2.32. The maximum atomic E-state index is 12.8. The van der Waals surface area contributed by atoms with Crippen molar-refractivity contribution in [2.45, 2.75) is 13.0 Å². The minimum atomic E-state index is -0.853. The lowest BCUT2D eigenvalue weighted by Gasteiger charge is -2.08. The van der Waals surface area contributed by atoms with Crippen molar-refractivity contribution in [2.75, 3.05) is 5.01 Å². The Balaban J connectivity index is 1.55. The first-order valence-corrected chi connectivity index (χ1v) is 9.94. The highest BCUT2D eigenvalue weighted by molar-refractivity contribution is 7.14. The number of rotatable bonds is 5. The Morgan fingerprint density at radius 2 is 2.03 bits per heavy atom. The van der Waals surface area contributed by atoms with Crippen LogP contribution in [0.15, 0.2) is 69.2 Å². The number of non-ortho nitro benzene ring substituents is 1. The molecule has 1 atom stereocenters. The quantitative estimate of drug-likeness (QED) is 0.306. The molecule has 0 bridgehead atoms. The molecule has 2 aromatic carbocycles. The van der Waals surface area contributed by atoms with Gasteiger partial charge in [-0.1, -0.05) is 29.8 Å².